The standard InChI is InChI=1S/C12H11NO4/c14-7-6-9(8-4-2-1-3-5-8)10-11(15)13-12(16)17-10/h1-5,14H,6-7H2,(H,13,15,16)/b10-9+. The Labute approximate surface area is 97.7 Å². The number of imide groups is 1. The van der Waals surface area contributed by atoms with Crippen LogP contribution in [0.1, 0.15) is 12.0 Å². The van der Waals surface area contributed by atoms with Crippen molar-refractivity contribution in [1.82, 2.24) is 5.32 Å². The molecule has 5 nitrogen and oxygen atoms in total. The van der Waals surface area contributed by atoms with E-state index in [1.165, 1.54) is 0 Å². The molecular formula is C12H11NO4. The van der Waals surface area contributed by atoms with Gasteiger partial charge in [0.05, 0.1) is 0 Å². The molecule has 17 heavy (non-hydrogen) atoms. The highest BCUT2D eigenvalue weighted by molar-refractivity contribution is 6.11. The average Bonchev–Trinajstić information content (AvgIpc) is 2.66. The average molecular weight is 233 g/mol. The van der Waals surface area contributed by atoms with E-state index in [1.807, 2.05) is 23.5 Å². The number of amides is 2. The maximum absolute atomic E-state index is 11.5. The molecule has 0 bridgehead atoms. The summed E-state index contributed by atoms with van der Waals surface area (Å²) in [6, 6.07) is 9.03. The number of ether oxygens (including phenoxy) is 1. The number of carbonyl (C=O) groups excluding carboxylic acids is 2. The van der Waals surface area contributed by atoms with E-state index in [0.717, 1.165) is 5.56 Å². The van der Waals surface area contributed by atoms with Crippen LogP contribution in [0.3, 0.4) is 0 Å². The number of aliphatic hydroxyl groups is 1. The summed E-state index contributed by atoms with van der Waals surface area (Å²) in [5.41, 5.74) is 1.28. The van der Waals surface area contributed by atoms with E-state index in [0.29, 0.717) is 5.57 Å². The summed E-state index contributed by atoms with van der Waals surface area (Å²) >= 11 is 0. The third kappa shape index (κ3) is 2.34. The van der Waals surface area contributed by atoms with Crippen LogP contribution in [-0.2, 0) is 9.53 Å². The van der Waals surface area contributed by atoms with Crippen molar-refractivity contribution in [3.63, 3.8) is 0 Å². The van der Waals surface area contributed by atoms with E-state index < -0.39 is 12.0 Å². The van der Waals surface area contributed by atoms with Crippen molar-refractivity contribution in [2.24, 2.45) is 0 Å². The van der Waals surface area contributed by atoms with Gasteiger partial charge in [0.2, 0.25) is 5.76 Å². The minimum absolute atomic E-state index is 0.0322. The number of alkyl carbamates (subject to hydrolysis) is 1. The Morgan fingerprint density at radius 1 is 1.24 bits per heavy atom. The number of hydrogen-bond donors (Lipinski definition) is 2. The van der Waals surface area contributed by atoms with Gasteiger partial charge in [-0.05, 0) is 12.0 Å². The number of carbonyl (C=O) groups is 2. The summed E-state index contributed by atoms with van der Waals surface area (Å²) in [6.07, 6.45) is -0.531. The molecule has 0 unspecified atom stereocenters. The van der Waals surface area contributed by atoms with Gasteiger partial charge < -0.3 is 9.84 Å². The summed E-state index contributed by atoms with van der Waals surface area (Å²) in [6.45, 7) is -0.126. The fraction of sp³-hybridized carbons (Fsp3) is 0.167. The van der Waals surface area contributed by atoms with Crippen molar-refractivity contribution in [3.05, 3.63) is 41.7 Å². The van der Waals surface area contributed by atoms with Gasteiger partial charge in [-0.15, -0.1) is 0 Å². The molecule has 1 saturated heterocycles. The zero-order valence-corrected chi connectivity index (χ0v) is 8.97. The van der Waals surface area contributed by atoms with Crippen LogP contribution >= 0.6 is 0 Å². The molecule has 1 heterocycles. The lowest BCUT2D eigenvalue weighted by atomic mass is 10.0. The van der Waals surface area contributed by atoms with E-state index in [4.69, 9.17) is 9.84 Å². The molecule has 2 amide bonds. The third-order valence-electron chi connectivity index (χ3n) is 2.37. The zero-order chi connectivity index (χ0) is 12.3. The third-order valence-corrected chi connectivity index (χ3v) is 2.37. The van der Waals surface area contributed by atoms with Crippen molar-refractivity contribution < 1.29 is 19.4 Å². The van der Waals surface area contributed by atoms with Crippen LogP contribution in [0.15, 0.2) is 36.1 Å². The van der Waals surface area contributed by atoms with Gasteiger partial charge in [0.1, 0.15) is 0 Å². The highest BCUT2D eigenvalue weighted by Gasteiger charge is 2.29. The molecular weight excluding hydrogens is 222 g/mol. The molecule has 0 spiro atoms. The fourth-order valence-electron chi connectivity index (χ4n) is 1.65. The molecule has 0 aromatic heterocycles. The van der Waals surface area contributed by atoms with Crippen LogP contribution in [0.5, 0.6) is 0 Å². The fourth-order valence-corrected chi connectivity index (χ4v) is 1.65. The molecule has 5 heteroatoms. The van der Waals surface area contributed by atoms with E-state index in [-0.39, 0.29) is 18.8 Å². The first kappa shape index (κ1) is 11.3. The van der Waals surface area contributed by atoms with Gasteiger partial charge in [0.25, 0.3) is 5.91 Å². The van der Waals surface area contributed by atoms with Crippen molar-refractivity contribution in [3.8, 4) is 0 Å². The second-order valence-electron chi connectivity index (χ2n) is 3.49. The van der Waals surface area contributed by atoms with Gasteiger partial charge in [-0.3, -0.25) is 10.1 Å². The lowest BCUT2D eigenvalue weighted by Gasteiger charge is -2.07. The van der Waals surface area contributed by atoms with Crippen molar-refractivity contribution in [2.45, 2.75) is 6.42 Å². The van der Waals surface area contributed by atoms with E-state index >= 15 is 0 Å². The van der Waals surface area contributed by atoms with Crippen LogP contribution in [0.4, 0.5) is 4.79 Å². The lowest BCUT2D eigenvalue weighted by Crippen LogP contribution is -2.18. The molecule has 2 N–H and O–H groups in total. The monoisotopic (exact) mass is 233 g/mol. The van der Waals surface area contributed by atoms with Crippen molar-refractivity contribution >= 4 is 17.6 Å². The molecule has 0 atom stereocenters. The molecule has 1 fully saturated rings. The molecule has 1 aromatic rings. The number of hydrogen-bond acceptors (Lipinski definition) is 4. The summed E-state index contributed by atoms with van der Waals surface area (Å²) in [7, 11) is 0. The first-order chi connectivity index (χ1) is 8.22. The Morgan fingerprint density at radius 2 is 1.94 bits per heavy atom. The van der Waals surface area contributed by atoms with Crippen LogP contribution in [-0.4, -0.2) is 23.7 Å². The minimum atomic E-state index is -0.781. The quantitative estimate of drug-likeness (QED) is 0.765. The Hall–Kier alpha value is -2.14. The summed E-state index contributed by atoms with van der Waals surface area (Å²) < 4.78 is 4.81. The first-order valence-electron chi connectivity index (χ1n) is 5.15. The highest BCUT2D eigenvalue weighted by Crippen LogP contribution is 2.25. The Bertz CT molecular complexity index is 479. The second-order valence-corrected chi connectivity index (χ2v) is 3.49. The summed E-state index contributed by atoms with van der Waals surface area (Å²) in [4.78, 5) is 22.4. The van der Waals surface area contributed by atoms with Crippen LogP contribution in [0.2, 0.25) is 0 Å². The van der Waals surface area contributed by atoms with E-state index in [2.05, 4.69) is 0 Å². The van der Waals surface area contributed by atoms with Gasteiger partial charge in [-0.1, -0.05) is 30.3 Å². The molecule has 0 saturated carbocycles. The second kappa shape index (κ2) is 4.80. The van der Waals surface area contributed by atoms with Crippen molar-refractivity contribution in [1.29, 1.82) is 0 Å². The highest BCUT2D eigenvalue weighted by atomic mass is 16.6. The van der Waals surface area contributed by atoms with Crippen LogP contribution in [0, 0.1) is 0 Å². The molecule has 0 radical (unpaired) electrons. The number of nitrogens with one attached hydrogen (secondary N) is 1. The smallest absolute Gasteiger partial charge is 0.404 e. The topological polar surface area (TPSA) is 75.6 Å². The largest absolute Gasteiger partial charge is 0.419 e. The number of rotatable bonds is 3. The lowest BCUT2D eigenvalue weighted by molar-refractivity contribution is -0.116. The van der Waals surface area contributed by atoms with E-state index in [9.17, 15) is 9.59 Å². The molecule has 1 aliphatic heterocycles. The molecule has 88 valence electrons. The summed E-state index contributed by atoms with van der Waals surface area (Å²) in [5.74, 6) is -0.599. The maximum atomic E-state index is 11.5. The number of aliphatic hydroxyl groups excluding tert-OH is 1. The van der Waals surface area contributed by atoms with Gasteiger partial charge in [-0.25, -0.2) is 4.79 Å². The van der Waals surface area contributed by atoms with Crippen molar-refractivity contribution in [2.75, 3.05) is 6.61 Å². The summed E-state index contributed by atoms with van der Waals surface area (Å²) in [5, 5.41) is 11.0. The normalized spacial score (nSPS) is 17.7. The zero-order valence-electron chi connectivity index (χ0n) is 8.97. The SMILES string of the molecule is O=C1NC(=O)/C(=C(/CCO)c2ccccc2)O1. The molecule has 1 aliphatic rings. The van der Waals surface area contributed by atoms with Crippen LogP contribution in [0.25, 0.3) is 5.57 Å². The van der Waals surface area contributed by atoms with Gasteiger partial charge in [0, 0.05) is 12.2 Å². The maximum Gasteiger partial charge on any atom is 0.419 e. The predicted octanol–water partition coefficient (Wildman–Crippen LogP) is 1.05. The number of benzene rings is 1. The van der Waals surface area contributed by atoms with E-state index in [1.54, 1.807) is 12.1 Å². The molecule has 0 aliphatic carbocycles. The molecule has 1 aromatic carbocycles. The van der Waals surface area contributed by atoms with Gasteiger partial charge in [0.15, 0.2) is 0 Å². The Kier molecular flexibility index (Phi) is 3.20. The Balaban J connectivity index is 2.45. The Morgan fingerprint density at radius 3 is 2.47 bits per heavy atom. The van der Waals surface area contributed by atoms with Crippen LogP contribution < -0.4 is 5.32 Å². The van der Waals surface area contributed by atoms with Gasteiger partial charge in [-0.2, -0.15) is 0 Å². The first-order valence-corrected chi connectivity index (χ1v) is 5.15. The molecule has 2 rings (SSSR count). The minimum Gasteiger partial charge on any atom is -0.404 e. The van der Waals surface area contributed by atoms with Gasteiger partial charge >= 0.3 is 6.09 Å². The predicted molar refractivity (Wildman–Crippen MR) is 59.7 cm³/mol. The number of cyclic esters (lactones) is 1.